The van der Waals surface area contributed by atoms with Crippen LogP contribution in [0.1, 0.15) is 20.3 Å². The molecule has 0 spiro atoms. The number of anilines is 1. The van der Waals surface area contributed by atoms with Crippen molar-refractivity contribution in [2.45, 2.75) is 20.3 Å². The summed E-state index contributed by atoms with van der Waals surface area (Å²) >= 11 is 0. The summed E-state index contributed by atoms with van der Waals surface area (Å²) in [6.45, 7) is 6.14. The van der Waals surface area contributed by atoms with E-state index in [1.54, 1.807) is 12.1 Å². The topological polar surface area (TPSA) is 59.6 Å². The first-order valence-electron chi connectivity index (χ1n) is 6.55. The third-order valence-corrected chi connectivity index (χ3v) is 2.74. The number of benzene rings is 1. The van der Waals surface area contributed by atoms with Gasteiger partial charge < -0.3 is 20.1 Å². The van der Waals surface area contributed by atoms with Gasteiger partial charge in [0.15, 0.2) is 11.5 Å². The van der Waals surface area contributed by atoms with Crippen LogP contribution >= 0.6 is 0 Å². The first-order chi connectivity index (χ1) is 9.15. The van der Waals surface area contributed by atoms with Crippen LogP contribution < -0.4 is 20.1 Å². The molecule has 0 aliphatic carbocycles. The van der Waals surface area contributed by atoms with Crippen LogP contribution in [-0.4, -0.2) is 25.8 Å². The molecule has 0 atom stereocenters. The molecule has 1 aromatic carbocycles. The van der Waals surface area contributed by atoms with E-state index in [9.17, 15) is 4.79 Å². The van der Waals surface area contributed by atoms with Gasteiger partial charge in [-0.3, -0.25) is 4.79 Å². The van der Waals surface area contributed by atoms with Crippen LogP contribution in [0.5, 0.6) is 11.5 Å². The molecule has 5 heteroatoms. The van der Waals surface area contributed by atoms with Gasteiger partial charge in [-0.2, -0.15) is 0 Å². The Labute approximate surface area is 113 Å². The summed E-state index contributed by atoms with van der Waals surface area (Å²) in [5.74, 6) is 1.99. The zero-order valence-corrected chi connectivity index (χ0v) is 11.4. The molecule has 0 aromatic heterocycles. The standard InChI is InChI=1S/C14H20N2O3/c1-10(2)8-15-6-5-14(17)16-11-3-4-12-13(7-11)19-9-18-12/h3-4,7,10,15H,5-6,8-9H2,1-2H3,(H,16,17). The van der Waals surface area contributed by atoms with Crippen molar-refractivity contribution in [1.82, 2.24) is 5.32 Å². The molecule has 1 aliphatic rings. The maximum Gasteiger partial charge on any atom is 0.231 e. The minimum Gasteiger partial charge on any atom is -0.454 e. The molecule has 1 amide bonds. The summed E-state index contributed by atoms with van der Waals surface area (Å²) in [6.07, 6.45) is 0.459. The average Bonchev–Trinajstić information content (AvgIpc) is 2.82. The second-order valence-corrected chi connectivity index (χ2v) is 4.96. The van der Waals surface area contributed by atoms with E-state index in [4.69, 9.17) is 9.47 Å². The molecular formula is C14H20N2O3. The van der Waals surface area contributed by atoms with Crippen molar-refractivity contribution in [3.8, 4) is 11.5 Å². The van der Waals surface area contributed by atoms with E-state index in [1.807, 2.05) is 6.07 Å². The van der Waals surface area contributed by atoms with Gasteiger partial charge in [0.05, 0.1) is 0 Å². The van der Waals surface area contributed by atoms with Gasteiger partial charge in [-0.05, 0) is 24.6 Å². The van der Waals surface area contributed by atoms with E-state index >= 15 is 0 Å². The average molecular weight is 264 g/mol. The smallest absolute Gasteiger partial charge is 0.231 e. The van der Waals surface area contributed by atoms with Crippen molar-refractivity contribution < 1.29 is 14.3 Å². The number of hydrogen-bond acceptors (Lipinski definition) is 4. The Morgan fingerprint density at radius 1 is 1.32 bits per heavy atom. The number of ether oxygens (including phenoxy) is 2. The Morgan fingerprint density at radius 3 is 2.89 bits per heavy atom. The second kappa shape index (κ2) is 6.43. The number of rotatable bonds is 6. The minimum absolute atomic E-state index is 0.00452. The largest absolute Gasteiger partial charge is 0.454 e. The van der Waals surface area contributed by atoms with Gasteiger partial charge in [0.2, 0.25) is 12.7 Å². The van der Waals surface area contributed by atoms with Crippen molar-refractivity contribution >= 4 is 11.6 Å². The molecule has 2 rings (SSSR count). The number of carbonyl (C=O) groups excluding carboxylic acids is 1. The van der Waals surface area contributed by atoms with Crippen molar-refractivity contribution in [3.05, 3.63) is 18.2 Å². The molecule has 0 saturated heterocycles. The van der Waals surface area contributed by atoms with Gasteiger partial charge in [0.25, 0.3) is 0 Å². The van der Waals surface area contributed by atoms with Crippen LogP contribution in [0.25, 0.3) is 0 Å². The lowest BCUT2D eigenvalue weighted by Gasteiger charge is -2.08. The van der Waals surface area contributed by atoms with Crippen LogP contribution in [0.3, 0.4) is 0 Å². The lowest BCUT2D eigenvalue weighted by molar-refractivity contribution is -0.116. The molecule has 0 fully saturated rings. The molecule has 1 aliphatic heterocycles. The van der Waals surface area contributed by atoms with Gasteiger partial charge in [0.1, 0.15) is 0 Å². The summed E-state index contributed by atoms with van der Waals surface area (Å²) < 4.78 is 10.5. The van der Waals surface area contributed by atoms with Crippen LogP contribution in [0.4, 0.5) is 5.69 Å². The lowest BCUT2D eigenvalue weighted by atomic mass is 10.2. The molecule has 1 heterocycles. The van der Waals surface area contributed by atoms with Gasteiger partial charge in [-0.15, -0.1) is 0 Å². The molecule has 104 valence electrons. The summed E-state index contributed by atoms with van der Waals surface area (Å²) in [6, 6.07) is 5.39. The Bertz CT molecular complexity index is 446. The Kier molecular flexibility index (Phi) is 4.63. The molecule has 5 nitrogen and oxygen atoms in total. The third kappa shape index (κ3) is 4.13. The fourth-order valence-corrected chi connectivity index (χ4v) is 1.79. The first-order valence-corrected chi connectivity index (χ1v) is 6.55. The summed E-state index contributed by atoms with van der Waals surface area (Å²) in [5.41, 5.74) is 0.734. The predicted molar refractivity (Wildman–Crippen MR) is 73.5 cm³/mol. The SMILES string of the molecule is CC(C)CNCCC(=O)Nc1ccc2c(c1)OCO2. The number of hydrogen-bond donors (Lipinski definition) is 2. The third-order valence-electron chi connectivity index (χ3n) is 2.74. The van der Waals surface area contributed by atoms with Crippen LogP contribution in [0.2, 0.25) is 0 Å². The number of nitrogens with one attached hydrogen (secondary N) is 2. The van der Waals surface area contributed by atoms with Gasteiger partial charge >= 0.3 is 0 Å². The Hall–Kier alpha value is -1.75. The number of carbonyl (C=O) groups is 1. The molecule has 0 unspecified atom stereocenters. The van der Waals surface area contributed by atoms with Crippen molar-refractivity contribution in [2.75, 3.05) is 25.2 Å². The van der Waals surface area contributed by atoms with Crippen molar-refractivity contribution in [1.29, 1.82) is 0 Å². The molecule has 19 heavy (non-hydrogen) atoms. The molecule has 0 radical (unpaired) electrons. The van der Waals surface area contributed by atoms with Gasteiger partial charge in [-0.1, -0.05) is 13.8 Å². The van der Waals surface area contributed by atoms with E-state index in [-0.39, 0.29) is 12.7 Å². The molecule has 2 N–H and O–H groups in total. The fraction of sp³-hybridized carbons (Fsp3) is 0.500. The summed E-state index contributed by atoms with van der Waals surface area (Å²) in [4.78, 5) is 11.7. The van der Waals surface area contributed by atoms with Crippen LogP contribution in [0.15, 0.2) is 18.2 Å². The monoisotopic (exact) mass is 264 g/mol. The molecular weight excluding hydrogens is 244 g/mol. The highest BCUT2D eigenvalue weighted by Crippen LogP contribution is 2.34. The highest BCUT2D eigenvalue weighted by molar-refractivity contribution is 5.91. The Morgan fingerprint density at radius 2 is 2.11 bits per heavy atom. The molecule has 1 aromatic rings. The van der Waals surface area contributed by atoms with Gasteiger partial charge in [-0.25, -0.2) is 0 Å². The maximum absolute atomic E-state index is 11.7. The lowest BCUT2D eigenvalue weighted by Crippen LogP contribution is -2.24. The van der Waals surface area contributed by atoms with E-state index < -0.39 is 0 Å². The quantitative estimate of drug-likeness (QED) is 0.771. The number of amides is 1. The van der Waals surface area contributed by atoms with E-state index in [0.29, 0.717) is 24.6 Å². The molecule has 0 bridgehead atoms. The highest BCUT2D eigenvalue weighted by Gasteiger charge is 2.13. The summed E-state index contributed by atoms with van der Waals surface area (Å²) in [7, 11) is 0. The zero-order chi connectivity index (χ0) is 13.7. The fourth-order valence-electron chi connectivity index (χ4n) is 1.79. The predicted octanol–water partition coefficient (Wildman–Crippen LogP) is 1.99. The summed E-state index contributed by atoms with van der Waals surface area (Å²) in [5, 5.41) is 6.08. The van der Waals surface area contributed by atoms with Crippen LogP contribution in [-0.2, 0) is 4.79 Å². The van der Waals surface area contributed by atoms with E-state index in [2.05, 4.69) is 24.5 Å². The number of fused-ring (bicyclic) bond motifs is 1. The maximum atomic E-state index is 11.7. The van der Waals surface area contributed by atoms with Crippen molar-refractivity contribution in [2.24, 2.45) is 5.92 Å². The normalized spacial score (nSPS) is 12.8. The zero-order valence-electron chi connectivity index (χ0n) is 11.4. The van der Waals surface area contributed by atoms with E-state index in [1.165, 1.54) is 0 Å². The molecule has 0 saturated carbocycles. The first kappa shape index (κ1) is 13.7. The van der Waals surface area contributed by atoms with Crippen LogP contribution in [0, 0.1) is 5.92 Å². The van der Waals surface area contributed by atoms with E-state index in [0.717, 1.165) is 18.0 Å². The Balaban J connectivity index is 1.76. The second-order valence-electron chi connectivity index (χ2n) is 4.96. The highest BCUT2D eigenvalue weighted by atomic mass is 16.7. The van der Waals surface area contributed by atoms with Crippen molar-refractivity contribution in [3.63, 3.8) is 0 Å². The van der Waals surface area contributed by atoms with Gasteiger partial charge in [0, 0.05) is 24.7 Å². The minimum atomic E-state index is -0.00452.